The second kappa shape index (κ2) is 8.76. The number of fused-ring (bicyclic) bond motifs is 1. The smallest absolute Gasteiger partial charge is 0.300 e. The fraction of sp³-hybridized carbons (Fsp3) is 0.133. The van der Waals surface area contributed by atoms with E-state index in [4.69, 9.17) is 4.74 Å². The second-order valence-electron chi connectivity index (χ2n) is 8.73. The fourth-order valence-electron chi connectivity index (χ4n) is 4.82. The van der Waals surface area contributed by atoms with Crippen molar-refractivity contribution in [3.05, 3.63) is 113 Å². The first kappa shape index (κ1) is 22.4. The molecule has 1 N–H and O–H groups in total. The average molecular weight is 464 g/mol. The van der Waals surface area contributed by atoms with Gasteiger partial charge in [0.1, 0.15) is 11.5 Å². The molecule has 1 aliphatic heterocycles. The van der Waals surface area contributed by atoms with E-state index in [1.54, 1.807) is 19.2 Å². The van der Waals surface area contributed by atoms with Crippen LogP contribution in [0, 0.1) is 13.8 Å². The SMILES string of the molecule is COc1ccccc1C1/C(=C(\O)c2cccc3ccccc23)C(=O)C(=O)N1c1cc(C)ccc1C. The maximum absolute atomic E-state index is 13.6. The van der Waals surface area contributed by atoms with E-state index < -0.39 is 17.7 Å². The Morgan fingerprint density at radius 2 is 1.60 bits per heavy atom. The highest BCUT2D eigenvalue weighted by atomic mass is 16.5. The van der Waals surface area contributed by atoms with Crippen LogP contribution in [-0.4, -0.2) is 23.9 Å². The molecular formula is C30H25NO4. The van der Waals surface area contributed by atoms with Gasteiger partial charge in [0, 0.05) is 16.8 Å². The van der Waals surface area contributed by atoms with E-state index in [1.165, 1.54) is 4.90 Å². The molecule has 4 aromatic rings. The molecule has 0 spiro atoms. The van der Waals surface area contributed by atoms with Crippen LogP contribution in [0.5, 0.6) is 5.75 Å². The molecule has 1 unspecified atom stereocenters. The lowest BCUT2D eigenvalue weighted by Crippen LogP contribution is -2.30. The fourth-order valence-corrected chi connectivity index (χ4v) is 4.82. The van der Waals surface area contributed by atoms with Crippen LogP contribution in [-0.2, 0) is 9.59 Å². The van der Waals surface area contributed by atoms with Gasteiger partial charge in [0.2, 0.25) is 0 Å². The number of rotatable bonds is 4. The Morgan fingerprint density at radius 1 is 0.886 bits per heavy atom. The lowest BCUT2D eigenvalue weighted by Gasteiger charge is -2.28. The molecule has 35 heavy (non-hydrogen) atoms. The topological polar surface area (TPSA) is 66.8 Å². The Balaban J connectivity index is 1.83. The molecule has 5 nitrogen and oxygen atoms in total. The first-order chi connectivity index (χ1) is 16.9. The summed E-state index contributed by atoms with van der Waals surface area (Å²) in [7, 11) is 1.55. The number of hydrogen-bond donors (Lipinski definition) is 1. The van der Waals surface area contributed by atoms with E-state index >= 15 is 0 Å². The predicted molar refractivity (Wildman–Crippen MR) is 138 cm³/mol. The lowest BCUT2D eigenvalue weighted by molar-refractivity contribution is -0.132. The first-order valence-electron chi connectivity index (χ1n) is 11.4. The molecule has 1 fully saturated rings. The molecule has 0 aromatic heterocycles. The van der Waals surface area contributed by atoms with Gasteiger partial charge in [-0.1, -0.05) is 72.8 Å². The quantitative estimate of drug-likeness (QED) is 0.226. The highest BCUT2D eigenvalue weighted by Crippen LogP contribution is 2.46. The van der Waals surface area contributed by atoms with Gasteiger partial charge in [-0.25, -0.2) is 0 Å². The van der Waals surface area contributed by atoms with Crippen molar-refractivity contribution in [3.63, 3.8) is 0 Å². The normalized spacial score (nSPS) is 17.2. The van der Waals surface area contributed by atoms with Crippen LogP contribution in [0.3, 0.4) is 0 Å². The number of Topliss-reactive ketones (excluding diaryl/α,β-unsaturated/α-hetero) is 1. The van der Waals surface area contributed by atoms with Crippen molar-refractivity contribution >= 4 is 33.9 Å². The number of aliphatic hydroxyl groups excluding tert-OH is 1. The summed E-state index contributed by atoms with van der Waals surface area (Å²) in [6.45, 7) is 3.84. The molecule has 0 saturated carbocycles. The van der Waals surface area contributed by atoms with Gasteiger partial charge in [-0.15, -0.1) is 0 Å². The van der Waals surface area contributed by atoms with E-state index in [0.717, 1.165) is 21.9 Å². The second-order valence-corrected chi connectivity index (χ2v) is 8.73. The zero-order chi connectivity index (χ0) is 24.7. The Bertz CT molecular complexity index is 1510. The highest BCUT2D eigenvalue weighted by Gasteiger charge is 2.48. The van der Waals surface area contributed by atoms with Crippen molar-refractivity contribution in [2.24, 2.45) is 0 Å². The summed E-state index contributed by atoms with van der Waals surface area (Å²) < 4.78 is 5.62. The third kappa shape index (κ3) is 3.66. The van der Waals surface area contributed by atoms with Crippen LogP contribution in [0.4, 0.5) is 5.69 Å². The molecule has 1 saturated heterocycles. The van der Waals surface area contributed by atoms with Crippen LogP contribution in [0.2, 0.25) is 0 Å². The van der Waals surface area contributed by atoms with Crippen LogP contribution in [0.1, 0.15) is 28.3 Å². The van der Waals surface area contributed by atoms with E-state index in [9.17, 15) is 14.7 Å². The Morgan fingerprint density at radius 3 is 2.40 bits per heavy atom. The van der Waals surface area contributed by atoms with Gasteiger partial charge in [0.15, 0.2) is 0 Å². The molecule has 174 valence electrons. The Hall–Kier alpha value is -4.38. The third-order valence-electron chi connectivity index (χ3n) is 6.55. The number of hydrogen-bond acceptors (Lipinski definition) is 4. The number of nitrogens with zero attached hydrogens (tertiary/aromatic N) is 1. The van der Waals surface area contributed by atoms with Gasteiger partial charge in [0.05, 0.1) is 18.7 Å². The van der Waals surface area contributed by atoms with Gasteiger partial charge >= 0.3 is 0 Å². The molecule has 5 rings (SSSR count). The van der Waals surface area contributed by atoms with Crippen molar-refractivity contribution in [1.29, 1.82) is 0 Å². The summed E-state index contributed by atoms with van der Waals surface area (Å²) >= 11 is 0. The molecule has 0 radical (unpaired) electrons. The number of aliphatic hydroxyl groups is 1. The standard InChI is InChI=1S/C30H25NO4/c1-18-15-16-19(2)24(17-18)31-27(23-12-6-7-14-25(23)35-3)26(29(33)30(31)34)28(32)22-13-8-10-20-9-4-5-11-21(20)22/h4-17,27,32H,1-3H3/b28-26+. The summed E-state index contributed by atoms with van der Waals surface area (Å²) in [6, 6.07) is 25.4. The number of amides is 1. The molecular weight excluding hydrogens is 438 g/mol. The first-order valence-corrected chi connectivity index (χ1v) is 11.4. The number of carbonyl (C=O) groups is 2. The summed E-state index contributed by atoms with van der Waals surface area (Å²) in [6.07, 6.45) is 0. The van der Waals surface area contributed by atoms with Crippen molar-refractivity contribution in [2.75, 3.05) is 12.0 Å². The predicted octanol–water partition coefficient (Wildman–Crippen LogP) is 6.09. The van der Waals surface area contributed by atoms with Gasteiger partial charge in [0.25, 0.3) is 11.7 Å². The van der Waals surface area contributed by atoms with E-state index in [0.29, 0.717) is 22.6 Å². The van der Waals surface area contributed by atoms with E-state index in [2.05, 4.69) is 0 Å². The number of anilines is 1. The molecule has 5 heteroatoms. The third-order valence-corrected chi connectivity index (χ3v) is 6.55. The lowest BCUT2D eigenvalue weighted by atomic mass is 9.92. The average Bonchev–Trinajstić information content (AvgIpc) is 3.14. The van der Waals surface area contributed by atoms with Gasteiger partial charge in [-0.2, -0.15) is 0 Å². The van der Waals surface area contributed by atoms with Crippen LogP contribution < -0.4 is 9.64 Å². The van der Waals surface area contributed by atoms with Crippen LogP contribution >= 0.6 is 0 Å². The monoisotopic (exact) mass is 463 g/mol. The highest BCUT2D eigenvalue weighted by molar-refractivity contribution is 6.52. The number of carbonyl (C=O) groups excluding carboxylic acids is 2. The van der Waals surface area contributed by atoms with Crippen LogP contribution in [0.25, 0.3) is 16.5 Å². The van der Waals surface area contributed by atoms with Gasteiger partial charge in [-0.3, -0.25) is 14.5 Å². The van der Waals surface area contributed by atoms with E-state index in [-0.39, 0.29) is 11.3 Å². The zero-order valence-electron chi connectivity index (χ0n) is 19.8. The van der Waals surface area contributed by atoms with Crippen molar-refractivity contribution in [2.45, 2.75) is 19.9 Å². The van der Waals surface area contributed by atoms with Crippen molar-refractivity contribution in [1.82, 2.24) is 0 Å². The molecule has 1 atom stereocenters. The summed E-state index contributed by atoms with van der Waals surface area (Å²) in [5.74, 6) is -1.09. The number of ketones is 1. The van der Waals surface area contributed by atoms with Crippen molar-refractivity contribution < 1.29 is 19.4 Å². The van der Waals surface area contributed by atoms with E-state index in [1.807, 2.05) is 86.6 Å². The van der Waals surface area contributed by atoms with Crippen LogP contribution in [0.15, 0.2) is 90.5 Å². The minimum Gasteiger partial charge on any atom is -0.507 e. The maximum Gasteiger partial charge on any atom is 0.300 e. The minimum absolute atomic E-state index is 0.0387. The maximum atomic E-state index is 13.6. The minimum atomic E-state index is -0.856. The number of aryl methyl sites for hydroxylation is 2. The number of methoxy groups -OCH3 is 1. The Labute approximate surface area is 203 Å². The summed E-state index contributed by atoms with van der Waals surface area (Å²) in [5, 5.41) is 13.4. The number of para-hydroxylation sites is 1. The molecule has 1 amide bonds. The molecule has 4 aromatic carbocycles. The largest absolute Gasteiger partial charge is 0.507 e. The molecule has 0 aliphatic carbocycles. The summed E-state index contributed by atoms with van der Waals surface area (Å²) in [4.78, 5) is 28.6. The molecule has 0 bridgehead atoms. The van der Waals surface area contributed by atoms with Gasteiger partial charge in [-0.05, 0) is 47.9 Å². The number of ether oxygens (including phenoxy) is 1. The Kier molecular flexibility index (Phi) is 5.61. The van der Waals surface area contributed by atoms with Crippen molar-refractivity contribution in [3.8, 4) is 5.75 Å². The molecule has 1 aliphatic rings. The zero-order valence-corrected chi connectivity index (χ0v) is 19.8. The number of benzene rings is 4. The summed E-state index contributed by atoms with van der Waals surface area (Å²) in [5.41, 5.74) is 3.60. The molecule has 1 heterocycles. The van der Waals surface area contributed by atoms with Gasteiger partial charge < -0.3 is 9.84 Å².